The SMILES string of the molecule is CC1=CC2C(CC(=O)C(C)C=CC1)C2(C)C. The third-order valence-corrected chi connectivity index (χ3v) is 4.40. The van der Waals surface area contributed by atoms with Gasteiger partial charge in [0.1, 0.15) is 5.78 Å². The third kappa shape index (κ3) is 2.00. The molecule has 3 atom stereocenters. The molecule has 0 spiro atoms. The first-order valence-electron chi connectivity index (χ1n) is 6.29. The van der Waals surface area contributed by atoms with Gasteiger partial charge in [0.25, 0.3) is 0 Å². The quantitative estimate of drug-likeness (QED) is 0.566. The second kappa shape index (κ2) is 3.87. The molecule has 0 heterocycles. The van der Waals surface area contributed by atoms with Gasteiger partial charge in [-0.1, -0.05) is 44.6 Å². The Kier molecular flexibility index (Phi) is 2.81. The van der Waals surface area contributed by atoms with E-state index < -0.39 is 0 Å². The van der Waals surface area contributed by atoms with Crippen molar-refractivity contribution in [2.24, 2.45) is 23.2 Å². The molecule has 3 unspecified atom stereocenters. The van der Waals surface area contributed by atoms with Gasteiger partial charge in [0.15, 0.2) is 0 Å². The minimum Gasteiger partial charge on any atom is -0.299 e. The van der Waals surface area contributed by atoms with E-state index in [1.54, 1.807) is 0 Å². The van der Waals surface area contributed by atoms with Crippen molar-refractivity contribution < 1.29 is 4.79 Å². The second-order valence-electron chi connectivity index (χ2n) is 6.06. The lowest BCUT2D eigenvalue weighted by Crippen LogP contribution is -2.10. The molecule has 1 nitrogen and oxygen atoms in total. The van der Waals surface area contributed by atoms with Gasteiger partial charge in [-0.25, -0.2) is 0 Å². The fourth-order valence-electron chi connectivity index (χ4n) is 2.85. The molecule has 0 aromatic carbocycles. The van der Waals surface area contributed by atoms with Crippen LogP contribution in [0.1, 0.15) is 40.5 Å². The Morgan fingerprint density at radius 2 is 2.06 bits per heavy atom. The molecule has 0 aromatic rings. The van der Waals surface area contributed by atoms with Gasteiger partial charge in [0, 0.05) is 12.3 Å². The molecule has 1 fully saturated rings. The predicted molar refractivity (Wildman–Crippen MR) is 67.1 cm³/mol. The molecule has 0 bridgehead atoms. The summed E-state index contributed by atoms with van der Waals surface area (Å²) in [5.41, 5.74) is 1.78. The maximum absolute atomic E-state index is 12.0. The van der Waals surface area contributed by atoms with Crippen molar-refractivity contribution in [3.05, 3.63) is 23.8 Å². The first-order chi connectivity index (χ1) is 7.43. The van der Waals surface area contributed by atoms with Crippen molar-refractivity contribution in [3.63, 3.8) is 0 Å². The van der Waals surface area contributed by atoms with Crippen LogP contribution < -0.4 is 0 Å². The van der Waals surface area contributed by atoms with Crippen molar-refractivity contribution in [2.75, 3.05) is 0 Å². The topological polar surface area (TPSA) is 17.1 Å². The third-order valence-electron chi connectivity index (χ3n) is 4.40. The Morgan fingerprint density at radius 1 is 1.38 bits per heavy atom. The van der Waals surface area contributed by atoms with Crippen molar-refractivity contribution in [1.29, 1.82) is 0 Å². The van der Waals surface area contributed by atoms with E-state index in [4.69, 9.17) is 0 Å². The van der Waals surface area contributed by atoms with Crippen LogP contribution in [0, 0.1) is 23.2 Å². The summed E-state index contributed by atoms with van der Waals surface area (Å²) in [5.74, 6) is 1.70. The van der Waals surface area contributed by atoms with Crippen LogP contribution in [-0.2, 0) is 4.79 Å². The molecule has 0 radical (unpaired) electrons. The first-order valence-corrected chi connectivity index (χ1v) is 6.29. The number of allylic oxidation sites excluding steroid dienone is 4. The van der Waals surface area contributed by atoms with Crippen LogP contribution in [0.3, 0.4) is 0 Å². The molecule has 0 N–H and O–H groups in total. The Labute approximate surface area is 98.6 Å². The van der Waals surface area contributed by atoms with E-state index in [0.29, 0.717) is 23.0 Å². The number of rotatable bonds is 0. The molecule has 0 amide bonds. The number of carbonyl (C=O) groups excluding carboxylic acids is 1. The lowest BCUT2D eigenvalue weighted by Gasteiger charge is -2.07. The highest BCUT2D eigenvalue weighted by atomic mass is 16.1. The number of Topliss-reactive ketones (excluding diaryl/α,β-unsaturated/α-hetero) is 1. The molecule has 1 saturated carbocycles. The summed E-state index contributed by atoms with van der Waals surface area (Å²) in [7, 11) is 0. The standard InChI is InChI=1S/C15H22O/c1-10-6-5-7-11(2)14(16)9-13-12(8-10)15(13,3)4/h5,7-8,11-13H,6,9H2,1-4H3. The van der Waals surface area contributed by atoms with Gasteiger partial charge in [-0.3, -0.25) is 4.79 Å². The summed E-state index contributed by atoms with van der Waals surface area (Å²) in [4.78, 5) is 12.0. The van der Waals surface area contributed by atoms with Crippen LogP contribution in [-0.4, -0.2) is 5.78 Å². The molecule has 16 heavy (non-hydrogen) atoms. The highest BCUT2D eigenvalue weighted by molar-refractivity contribution is 5.83. The summed E-state index contributed by atoms with van der Waals surface area (Å²) in [5, 5.41) is 0. The smallest absolute Gasteiger partial charge is 0.139 e. The maximum Gasteiger partial charge on any atom is 0.139 e. The summed E-state index contributed by atoms with van der Waals surface area (Å²) in [6.07, 6.45) is 8.35. The Hall–Kier alpha value is -0.850. The molecule has 2 aliphatic rings. The van der Waals surface area contributed by atoms with Crippen molar-refractivity contribution in [2.45, 2.75) is 40.5 Å². The zero-order valence-electron chi connectivity index (χ0n) is 10.8. The van der Waals surface area contributed by atoms with E-state index in [0.717, 1.165) is 12.8 Å². The van der Waals surface area contributed by atoms with Gasteiger partial charge in [-0.15, -0.1) is 0 Å². The number of hydrogen-bond donors (Lipinski definition) is 0. The van der Waals surface area contributed by atoms with Crippen LogP contribution in [0.15, 0.2) is 23.8 Å². The van der Waals surface area contributed by atoms with Crippen LogP contribution in [0.2, 0.25) is 0 Å². The lowest BCUT2D eigenvalue weighted by atomic mass is 9.97. The van der Waals surface area contributed by atoms with E-state index in [1.807, 2.05) is 6.92 Å². The molecule has 1 heteroatoms. The van der Waals surface area contributed by atoms with E-state index in [-0.39, 0.29) is 5.92 Å². The number of fused-ring (bicyclic) bond motifs is 1. The molecule has 2 aliphatic carbocycles. The predicted octanol–water partition coefficient (Wildman–Crippen LogP) is 3.76. The summed E-state index contributed by atoms with van der Waals surface area (Å²) >= 11 is 0. The fraction of sp³-hybridized carbons (Fsp3) is 0.667. The molecule has 0 aliphatic heterocycles. The van der Waals surface area contributed by atoms with Gasteiger partial charge < -0.3 is 0 Å². The monoisotopic (exact) mass is 218 g/mol. The maximum atomic E-state index is 12.0. The average Bonchev–Trinajstić information content (AvgIpc) is 2.68. The Morgan fingerprint density at radius 3 is 2.75 bits per heavy atom. The van der Waals surface area contributed by atoms with Gasteiger partial charge in [-0.05, 0) is 30.6 Å². The molecule has 88 valence electrons. The van der Waals surface area contributed by atoms with Gasteiger partial charge in [-0.2, -0.15) is 0 Å². The van der Waals surface area contributed by atoms with Crippen molar-refractivity contribution in [3.8, 4) is 0 Å². The molecule has 0 aromatic heterocycles. The van der Waals surface area contributed by atoms with Gasteiger partial charge in [0.2, 0.25) is 0 Å². The Balaban J connectivity index is 2.22. The summed E-state index contributed by atoms with van der Waals surface area (Å²) in [6, 6.07) is 0. The normalized spacial score (nSPS) is 37.6. The van der Waals surface area contributed by atoms with Crippen LogP contribution in [0.4, 0.5) is 0 Å². The molecular weight excluding hydrogens is 196 g/mol. The molecule has 2 rings (SSSR count). The highest BCUT2D eigenvalue weighted by Gasteiger charge is 2.56. The zero-order valence-corrected chi connectivity index (χ0v) is 10.8. The van der Waals surface area contributed by atoms with E-state index in [1.165, 1.54) is 5.57 Å². The summed E-state index contributed by atoms with van der Waals surface area (Å²) in [6.45, 7) is 8.79. The van der Waals surface area contributed by atoms with Crippen LogP contribution >= 0.6 is 0 Å². The zero-order chi connectivity index (χ0) is 11.9. The number of ketones is 1. The Bertz CT molecular complexity index is 360. The second-order valence-corrected chi connectivity index (χ2v) is 6.06. The lowest BCUT2D eigenvalue weighted by molar-refractivity contribution is -0.121. The van der Waals surface area contributed by atoms with Crippen LogP contribution in [0.5, 0.6) is 0 Å². The number of hydrogen-bond acceptors (Lipinski definition) is 1. The minimum atomic E-state index is 0.1000. The summed E-state index contributed by atoms with van der Waals surface area (Å²) < 4.78 is 0. The van der Waals surface area contributed by atoms with Gasteiger partial charge in [0.05, 0.1) is 0 Å². The van der Waals surface area contributed by atoms with Crippen molar-refractivity contribution in [1.82, 2.24) is 0 Å². The largest absolute Gasteiger partial charge is 0.299 e. The van der Waals surface area contributed by atoms with E-state index in [9.17, 15) is 4.79 Å². The average molecular weight is 218 g/mol. The highest BCUT2D eigenvalue weighted by Crippen LogP contribution is 2.61. The van der Waals surface area contributed by atoms with Gasteiger partial charge >= 0.3 is 0 Å². The minimum absolute atomic E-state index is 0.1000. The van der Waals surface area contributed by atoms with E-state index >= 15 is 0 Å². The first kappa shape index (κ1) is 11.6. The number of carbonyl (C=O) groups is 1. The molecular formula is C15H22O. The molecule has 0 saturated heterocycles. The van der Waals surface area contributed by atoms with E-state index in [2.05, 4.69) is 39.0 Å². The van der Waals surface area contributed by atoms with Crippen LogP contribution in [0.25, 0.3) is 0 Å². The van der Waals surface area contributed by atoms with Crippen molar-refractivity contribution >= 4 is 5.78 Å². The fourth-order valence-corrected chi connectivity index (χ4v) is 2.85.